The number of nitrogens with one attached hydrogen (secondary N) is 3. The summed E-state index contributed by atoms with van der Waals surface area (Å²) in [6.07, 6.45) is -1.09. The molecule has 0 radical (unpaired) electrons. The lowest BCUT2D eigenvalue weighted by Crippen LogP contribution is -2.28. The first-order valence-electron chi connectivity index (χ1n) is 8.16. The van der Waals surface area contributed by atoms with E-state index < -0.39 is 17.8 Å². The second-order valence-corrected chi connectivity index (χ2v) is 5.94. The average Bonchev–Trinajstić information content (AvgIpc) is 2.57. The molecule has 0 heterocycles. The monoisotopic (exact) mass is 373 g/mol. The van der Waals surface area contributed by atoms with Crippen molar-refractivity contribution in [2.45, 2.75) is 20.0 Å². The van der Waals surface area contributed by atoms with Crippen molar-refractivity contribution in [1.29, 1.82) is 0 Å². The van der Waals surface area contributed by atoms with Crippen molar-refractivity contribution in [3.63, 3.8) is 0 Å². The van der Waals surface area contributed by atoms with Crippen LogP contribution in [0.15, 0.2) is 42.5 Å². The van der Waals surface area contributed by atoms with Crippen molar-refractivity contribution in [2.24, 2.45) is 0 Å². The lowest BCUT2D eigenvalue weighted by atomic mass is 10.1. The van der Waals surface area contributed by atoms with Gasteiger partial charge in [-0.3, -0.25) is 14.4 Å². The van der Waals surface area contributed by atoms with Crippen molar-refractivity contribution >= 4 is 29.1 Å². The molecule has 2 aromatic rings. The molecule has 2 rings (SSSR count). The van der Waals surface area contributed by atoms with Gasteiger partial charge in [-0.05, 0) is 35.9 Å². The van der Waals surface area contributed by atoms with Gasteiger partial charge in [-0.2, -0.15) is 0 Å². The van der Waals surface area contributed by atoms with Gasteiger partial charge < -0.3 is 21.1 Å². The molecule has 0 bridgehead atoms. The Morgan fingerprint density at radius 2 is 1.59 bits per heavy atom. The number of anilines is 2. The van der Waals surface area contributed by atoms with Gasteiger partial charge in [0, 0.05) is 37.3 Å². The number of amides is 3. The molecule has 1 unspecified atom stereocenters. The number of aliphatic hydroxyl groups is 1. The van der Waals surface area contributed by atoms with Crippen LogP contribution in [0.1, 0.15) is 35.9 Å². The van der Waals surface area contributed by atoms with Gasteiger partial charge in [0.2, 0.25) is 11.8 Å². The summed E-state index contributed by atoms with van der Waals surface area (Å²) in [5.41, 5.74) is 1.19. The minimum atomic E-state index is -1.09. The second kappa shape index (κ2) is 8.91. The summed E-state index contributed by atoms with van der Waals surface area (Å²) in [6.45, 7) is 2.50. The van der Waals surface area contributed by atoms with Gasteiger partial charge in [-0.15, -0.1) is 0 Å². The molecule has 0 aliphatic heterocycles. The molecular formula is C19H20FN3O4. The minimum absolute atomic E-state index is 0.137. The number of carbonyl (C=O) groups is 3. The third-order valence-electron chi connectivity index (χ3n) is 3.53. The van der Waals surface area contributed by atoms with Crippen LogP contribution in [-0.4, -0.2) is 29.4 Å². The molecule has 0 spiro atoms. The summed E-state index contributed by atoms with van der Waals surface area (Å²) < 4.78 is 13.2. The highest BCUT2D eigenvalue weighted by Gasteiger charge is 2.14. The lowest BCUT2D eigenvalue weighted by Gasteiger charge is -2.14. The van der Waals surface area contributed by atoms with E-state index in [1.165, 1.54) is 50.2 Å². The molecule has 7 nitrogen and oxygen atoms in total. The van der Waals surface area contributed by atoms with Gasteiger partial charge in [0.15, 0.2) is 0 Å². The van der Waals surface area contributed by atoms with E-state index in [2.05, 4.69) is 16.0 Å². The van der Waals surface area contributed by atoms with E-state index in [9.17, 15) is 23.9 Å². The van der Waals surface area contributed by atoms with E-state index in [0.717, 1.165) is 0 Å². The Labute approximate surface area is 155 Å². The zero-order valence-electron chi connectivity index (χ0n) is 14.9. The third-order valence-corrected chi connectivity index (χ3v) is 3.53. The molecule has 2 aromatic carbocycles. The summed E-state index contributed by atoms with van der Waals surface area (Å²) in [6, 6.07) is 9.85. The molecule has 4 N–H and O–H groups in total. The first-order chi connectivity index (χ1) is 12.7. The Kier molecular flexibility index (Phi) is 6.62. The molecule has 142 valence electrons. The number of rotatable bonds is 6. The van der Waals surface area contributed by atoms with Gasteiger partial charge in [0.1, 0.15) is 5.82 Å². The van der Waals surface area contributed by atoms with Gasteiger partial charge >= 0.3 is 0 Å². The van der Waals surface area contributed by atoms with E-state index in [1.807, 2.05) is 0 Å². The lowest BCUT2D eigenvalue weighted by molar-refractivity contribution is -0.115. The standard InChI is InChI=1S/C19H20FN3O4/c1-11(24)22-16-7-14(8-17(9-16)23-12(2)25)19(27)21-10-18(26)13-4-3-5-15(20)6-13/h3-9,18,26H,10H2,1-2H3,(H,21,27)(H,22,24)(H,23,25). The highest BCUT2D eigenvalue weighted by molar-refractivity contribution is 5.99. The first kappa shape index (κ1) is 20.1. The number of halogens is 1. The smallest absolute Gasteiger partial charge is 0.251 e. The third kappa shape index (κ3) is 6.19. The Morgan fingerprint density at radius 3 is 2.11 bits per heavy atom. The molecular weight excluding hydrogens is 353 g/mol. The topological polar surface area (TPSA) is 108 Å². The van der Waals surface area contributed by atoms with Crippen LogP contribution >= 0.6 is 0 Å². The largest absolute Gasteiger partial charge is 0.387 e. The molecule has 0 saturated carbocycles. The fraction of sp³-hybridized carbons (Fsp3) is 0.211. The van der Waals surface area contributed by atoms with E-state index in [-0.39, 0.29) is 23.9 Å². The number of carbonyl (C=O) groups excluding carboxylic acids is 3. The fourth-order valence-electron chi connectivity index (χ4n) is 2.43. The number of hydrogen-bond acceptors (Lipinski definition) is 4. The Morgan fingerprint density at radius 1 is 1.00 bits per heavy atom. The number of aliphatic hydroxyl groups excluding tert-OH is 1. The van der Waals surface area contributed by atoms with Crippen LogP contribution in [0.2, 0.25) is 0 Å². The fourth-order valence-corrected chi connectivity index (χ4v) is 2.43. The van der Waals surface area contributed by atoms with Crippen molar-refractivity contribution < 1.29 is 23.9 Å². The van der Waals surface area contributed by atoms with Crippen LogP contribution in [0.25, 0.3) is 0 Å². The van der Waals surface area contributed by atoms with Gasteiger partial charge in [-0.1, -0.05) is 12.1 Å². The van der Waals surface area contributed by atoms with Gasteiger partial charge in [0.25, 0.3) is 5.91 Å². The summed E-state index contributed by atoms with van der Waals surface area (Å²) >= 11 is 0. The van der Waals surface area contributed by atoms with Crippen LogP contribution in [0, 0.1) is 5.82 Å². The summed E-state index contributed by atoms with van der Waals surface area (Å²) in [4.78, 5) is 34.9. The Bertz CT molecular complexity index is 836. The van der Waals surface area contributed by atoms with Crippen molar-refractivity contribution in [3.8, 4) is 0 Å². The SMILES string of the molecule is CC(=O)Nc1cc(NC(C)=O)cc(C(=O)NCC(O)c2cccc(F)c2)c1. The highest BCUT2D eigenvalue weighted by Crippen LogP contribution is 2.20. The zero-order chi connectivity index (χ0) is 20.0. The maximum Gasteiger partial charge on any atom is 0.251 e. The molecule has 3 amide bonds. The average molecular weight is 373 g/mol. The number of hydrogen-bond donors (Lipinski definition) is 4. The molecule has 0 saturated heterocycles. The number of benzene rings is 2. The predicted octanol–water partition coefficient (Wildman–Crippen LogP) is 2.21. The van der Waals surface area contributed by atoms with Crippen LogP contribution in [0.4, 0.5) is 15.8 Å². The molecule has 0 aromatic heterocycles. The van der Waals surface area contributed by atoms with Crippen molar-refractivity contribution in [1.82, 2.24) is 5.32 Å². The summed E-state index contributed by atoms with van der Waals surface area (Å²) in [7, 11) is 0. The molecule has 8 heteroatoms. The van der Waals surface area contributed by atoms with Crippen LogP contribution < -0.4 is 16.0 Å². The van der Waals surface area contributed by atoms with Gasteiger partial charge in [0.05, 0.1) is 6.10 Å². The first-order valence-corrected chi connectivity index (χ1v) is 8.16. The minimum Gasteiger partial charge on any atom is -0.387 e. The van der Waals surface area contributed by atoms with Crippen LogP contribution in [-0.2, 0) is 9.59 Å². The summed E-state index contributed by atoms with van der Waals surface area (Å²) in [5.74, 6) is -1.67. The maximum absolute atomic E-state index is 13.2. The van der Waals surface area contributed by atoms with Crippen LogP contribution in [0.3, 0.4) is 0 Å². The molecule has 27 heavy (non-hydrogen) atoms. The van der Waals surface area contributed by atoms with E-state index >= 15 is 0 Å². The molecule has 0 aliphatic carbocycles. The summed E-state index contributed by atoms with van der Waals surface area (Å²) in [5, 5.41) is 17.7. The highest BCUT2D eigenvalue weighted by atomic mass is 19.1. The Hall–Kier alpha value is -3.26. The molecule has 0 aliphatic rings. The van der Waals surface area contributed by atoms with Crippen LogP contribution in [0.5, 0.6) is 0 Å². The van der Waals surface area contributed by atoms with E-state index in [1.54, 1.807) is 6.07 Å². The van der Waals surface area contributed by atoms with Gasteiger partial charge in [-0.25, -0.2) is 4.39 Å². The molecule has 0 fully saturated rings. The Balaban J connectivity index is 2.13. The quantitative estimate of drug-likeness (QED) is 0.623. The van der Waals surface area contributed by atoms with Crippen molar-refractivity contribution in [3.05, 3.63) is 59.4 Å². The predicted molar refractivity (Wildman–Crippen MR) is 98.7 cm³/mol. The maximum atomic E-state index is 13.2. The van der Waals surface area contributed by atoms with E-state index in [0.29, 0.717) is 16.9 Å². The normalized spacial score (nSPS) is 11.4. The van der Waals surface area contributed by atoms with E-state index in [4.69, 9.17) is 0 Å². The zero-order valence-corrected chi connectivity index (χ0v) is 14.9. The second-order valence-electron chi connectivity index (χ2n) is 5.94. The van der Waals surface area contributed by atoms with Crippen molar-refractivity contribution in [2.75, 3.05) is 17.2 Å². The molecule has 1 atom stereocenters.